The molecule has 1 aliphatic heterocycles. The number of rotatable bonds is 3. The molecular weight excluding hydrogens is 242 g/mol. The van der Waals surface area contributed by atoms with Crippen LogP contribution in [0.1, 0.15) is 14.5 Å². The predicted molar refractivity (Wildman–Crippen MR) is 60.9 cm³/mol. The Balaban J connectivity index is 2.07. The molecule has 0 aliphatic carbocycles. The topological polar surface area (TPSA) is 63.7 Å². The van der Waals surface area contributed by atoms with Gasteiger partial charge < -0.3 is 4.74 Å². The summed E-state index contributed by atoms with van der Waals surface area (Å²) in [6.45, 7) is 1.43. The van der Waals surface area contributed by atoms with Crippen molar-refractivity contribution in [2.75, 3.05) is 19.8 Å². The van der Waals surface area contributed by atoms with E-state index in [2.05, 4.69) is 0 Å². The first-order valence-electron chi connectivity index (χ1n) is 5.08. The Labute approximate surface area is 102 Å². The molecule has 0 aromatic carbocycles. The number of carbonyl (C=O) groups excluding carboxylic acids is 3. The lowest BCUT2D eigenvalue weighted by Crippen LogP contribution is -2.48. The molecule has 6 heteroatoms. The molecule has 2 amide bonds. The van der Waals surface area contributed by atoms with E-state index in [1.807, 2.05) is 13.0 Å². The van der Waals surface area contributed by atoms with Crippen LogP contribution < -0.4 is 0 Å². The first-order chi connectivity index (χ1) is 8.08. The normalized spacial score (nSPS) is 16.4. The van der Waals surface area contributed by atoms with Gasteiger partial charge in [-0.15, -0.1) is 11.3 Å². The van der Waals surface area contributed by atoms with Crippen LogP contribution in [0.25, 0.3) is 0 Å². The van der Waals surface area contributed by atoms with Crippen LogP contribution in [0.15, 0.2) is 12.1 Å². The Morgan fingerprint density at radius 1 is 1.35 bits per heavy atom. The minimum atomic E-state index is -0.456. The van der Waals surface area contributed by atoms with Gasteiger partial charge in [-0.05, 0) is 19.1 Å². The number of thiophene rings is 1. The van der Waals surface area contributed by atoms with Crippen LogP contribution in [0, 0.1) is 6.92 Å². The minimum absolute atomic E-state index is 0.136. The Kier molecular flexibility index (Phi) is 3.35. The van der Waals surface area contributed by atoms with Gasteiger partial charge >= 0.3 is 0 Å². The van der Waals surface area contributed by atoms with Crippen molar-refractivity contribution in [3.63, 3.8) is 0 Å². The number of morpholine rings is 1. The zero-order valence-corrected chi connectivity index (χ0v) is 10.1. The van der Waals surface area contributed by atoms with Crippen LogP contribution in [0.4, 0.5) is 0 Å². The van der Waals surface area contributed by atoms with Crippen LogP contribution >= 0.6 is 11.3 Å². The van der Waals surface area contributed by atoms with Crippen LogP contribution in [-0.4, -0.2) is 42.3 Å². The van der Waals surface area contributed by atoms with E-state index < -0.39 is 11.8 Å². The molecule has 0 spiro atoms. The van der Waals surface area contributed by atoms with E-state index in [0.29, 0.717) is 4.88 Å². The maximum atomic E-state index is 11.8. The number of ether oxygens (including phenoxy) is 1. The van der Waals surface area contributed by atoms with E-state index in [4.69, 9.17) is 4.74 Å². The number of hydrogen-bond acceptors (Lipinski definition) is 5. The molecule has 0 atom stereocenters. The van der Waals surface area contributed by atoms with E-state index >= 15 is 0 Å². The highest BCUT2D eigenvalue weighted by atomic mass is 32.1. The van der Waals surface area contributed by atoms with Crippen molar-refractivity contribution < 1.29 is 19.1 Å². The smallest absolute Gasteiger partial charge is 0.255 e. The maximum absolute atomic E-state index is 11.8. The van der Waals surface area contributed by atoms with Gasteiger partial charge in [0, 0.05) is 4.88 Å². The molecule has 1 aromatic heterocycles. The lowest BCUT2D eigenvalue weighted by atomic mass is 10.2. The SMILES string of the molecule is Cc1ccc(C(=O)CN2C(=O)COCC2=O)s1. The lowest BCUT2D eigenvalue weighted by molar-refractivity contribution is -0.157. The average Bonchev–Trinajstić information content (AvgIpc) is 2.70. The summed E-state index contributed by atoms with van der Waals surface area (Å²) in [5, 5.41) is 0. The van der Waals surface area contributed by atoms with Crippen molar-refractivity contribution in [2.45, 2.75) is 6.92 Å². The maximum Gasteiger partial charge on any atom is 0.255 e. The van der Waals surface area contributed by atoms with Crippen molar-refractivity contribution in [3.8, 4) is 0 Å². The molecule has 1 aromatic rings. The first-order valence-corrected chi connectivity index (χ1v) is 5.90. The zero-order chi connectivity index (χ0) is 12.4. The third-order valence-corrected chi connectivity index (χ3v) is 3.41. The van der Waals surface area contributed by atoms with Crippen molar-refractivity contribution in [1.82, 2.24) is 4.90 Å². The van der Waals surface area contributed by atoms with E-state index in [9.17, 15) is 14.4 Å². The summed E-state index contributed by atoms with van der Waals surface area (Å²) >= 11 is 1.36. The second-order valence-electron chi connectivity index (χ2n) is 3.70. The van der Waals surface area contributed by atoms with E-state index in [1.165, 1.54) is 11.3 Å². The molecule has 0 radical (unpaired) electrons. The number of Topliss-reactive ketones (excluding diaryl/α,β-unsaturated/α-hetero) is 1. The van der Waals surface area contributed by atoms with Gasteiger partial charge in [-0.2, -0.15) is 0 Å². The van der Waals surface area contributed by atoms with Gasteiger partial charge in [0.05, 0.1) is 11.4 Å². The summed E-state index contributed by atoms with van der Waals surface area (Å²) in [4.78, 5) is 37.2. The summed E-state index contributed by atoms with van der Waals surface area (Å²) in [6, 6.07) is 3.54. The molecule has 5 nitrogen and oxygen atoms in total. The van der Waals surface area contributed by atoms with Crippen molar-refractivity contribution in [3.05, 3.63) is 21.9 Å². The minimum Gasteiger partial charge on any atom is -0.362 e. The molecule has 2 rings (SSSR count). The van der Waals surface area contributed by atoms with Gasteiger partial charge in [-0.1, -0.05) is 0 Å². The summed E-state index contributed by atoms with van der Waals surface area (Å²) < 4.78 is 4.77. The van der Waals surface area contributed by atoms with Gasteiger partial charge in [0.1, 0.15) is 13.2 Å². The molecule has 90 valence electrons. The molecule has 2 heterocycles. The predicted octanol–water partition coefficient (Wildman–Crippen LogP) is 0.625. The number of nitrogens with zero attached hydrogens (tertiary/aromatic N) is 1. The highest BCUT2D eigenvalue weighted by molar-refractivity contribution is 7.14. The van der Waals surface area contributed by atoms with Gasteiger partial charge in [-0.25, -0.2) is 0 Å². The molecule has 1 aliphatic rings. The first kappa shape index (κ1) is 11.9. The Bertz CT molecular complexity index is 464. The molecular formula is C11H11NO4S. The second kappa shape index (κ2) is 4.77. The zero-order valence-electron chi connectivity index (χ0n) is 9.26. The Morgan fingerprint density at radius 3 is 2.53 bits per heavy atom. The van der Waals surface area contributed by atoms with Crippen LogP contribution in [0.2, 0.25) is 0 Å². The van der Waals surface area contributed by atoms with Crippen LogP contribution in [0.3, 0.4) is 0 Å². The Morgan fingerprint density at radius 2 is 2.00 bits per heavy atom. The fourth-order valence-electron chi connectivity index (χ4n) is 1.50. The lowest BCUT2D eigenvalue weighted by Gasteiger charge is -2.23. The standard InChI is InChI=1S/C11H11NO4S/c1-7-2-3-9(17-7)8(13)4-12-10(14)5-16-6-11(12)15/h2-3H,4-6H2,1H3. The van der Waals surface area contributed by atoms with E-state index in [0.717, 1.165) is 9.78 Å². The quantitative estimate of drug-likeness (QED) is 0.585. The number of amides is 2. The van der Waals surface area contributed by atoms with E-state index in [1.54, 1.807) is 6.07 Å². The molecule has 17 heavy (non-hydrogen) atoms. The number of hydrogen-bond donors (Lipinski definition) is 0. The summed E-state index contributed by atoms with van der Waals surface area (Å²) in [7, 11) is 0. The summed E-state index contributed by atoms with van der Waals surface area (Å²) in [6.07, 6.45) is 0. The van der Waals surface area contributed by atoms with Gasteiger partial charge in [0.25, 0.3) is 11.8 Å². The number of carbonyl (C=O) groups is 3. The van der Waals surface area contributed by atoms with Gasteiger partial charge in [0.2, 0.25) is 0 Å². The molecule has 0 saturated carbocycles. The average molecular weight is 253 g/mol. The third kappa shape index (κ3) is 2.59. The summed E-state index contributed by atoms with van der Waals surface area (Å²) in [5.74, 6) is -1.13. The Hall–Kier alpha value is -1.53. The largest absolute Gasteiger partial charge is 0.362 e. The fraction of sp³-hybridized carbons (Fsp3) is 0.364. The fourth-order valence-corrected chi connectivity index (χ4v) is 2.30. The van der Waals surface area contributed by atoms with Crippen molar-refractivity contribution in [2.24, 2.45) is 0 Å². The molecule has 1 saturated heterocycles. The highest BCUT2D eigenvalue weighted by Gasteiger charge is 2.28. The second-order valence-corrected chi connectivity index (χ2v) is 4.99. The summed E-state index contributed by atoms with van der Waals surface area (Å²) in [5.41, 5.74) is 0. The monoisotopic (exact) mass is 253 g/mol. The van der Waals surface area contributed by atoms with Crippen molar-refractivity contribution >= 4 is 28.9 Å². The number of ketones is 1. The van der Waals surface area contributed by atoms with Crippen molar-refractivity contribution in [1.29, 1.82) is 0 Å². The molecule has 0 bridgehead atoms. The number of aryl methyl sites for hydroxylation is 1. The van der Waals surface area contributed by atoms with Crippen LogP contribution in [-0.2, 0) is 14.3 Å². The molecule has 0 unspecified atom stereocenters. The van der Waals surface area contributed by atoms with Gasteiger partial charge in [-0.3, -0.25) is 19.3 Å². The van der Waals surface area contributed by atoms with Crippen LogP contribution in [0.5, 0.6) is 0 Å². The molecule has 0 N–H and O–H groups in total. The highest BCUT2D eigenvalue weighted by Crippen LogP contribution is 2.16. The third-order valence-electron chi connectivity index (χ3n) is 2.37. The molecule has 1 fully saturated rings. The number of imide groups is 1. The van der Waals surface area contributed by atoms with Gasteiger partial charge in [0.15, 0.2) is 5.78 Å². The van der Waals surface area contributed by atoms with E-state index in [-0.39, 0.29) is 25.5 Å².